The van der Waals surface area contributed by atoms with Crippen LogP contribution in [0.1, 0.15) is 27.3 Å². The number of hydrogen-bond acceptors (Lipinski definition) is 7. The number of carbonyl (C=O) groups excluding carboxylic acids is 1. The van der Waals surface area contributed by atoms with Gasteiger partial charge in [-0.05, 0) is 24.6 Å². The molecule has 1 amide bonds. The van der Waals surface area contributed by atoms with Crippen LogP contribution in [0.2, 0.25) is 0 Å². The molecule has 0 aliphatic carbocycles. The van der Waals surface area contributed by atoms with Crippen LogP contribution in [0.25, 0.3) is 10.9 Å². The molecule has 150 valence electrons. The molecule has 10 nitrogen and oxygen atoms in total. The number of H-pyrrole nitrogens is 1. The van der Waals surface area contributed by atoms with E-state index in [-0.39, 0.29) is 11.6 Å². The molecule has 1 aromatic carbocycles. The van der Waals surface area contributed by atoms with Crippen LogP contribution in [0.15, 0.2) is 30.5 Å². The summed E-state index contributed by atoms with van der Waals surface area (Å²) >= 11 is 0. The number of nitrogens with one attached hydrogen (secondary N) is 1. The number of ether oxygens (including phenoxy) is 1. The average Bonchev–Trinajstić information content (AvgIpc) is 3.01. The molecule has 2 aromatic heterocycles. The Morgan fingerprint density at radius 2 is 2.03 bits per heavy atom. The van der Waals surface area contributed by atoms with Gasteiger partial charge >= 0.3 is 5.97 Å². The first-order chi connectivity index (χ1) is 14.1. The molecule has 0 radical (unpaired) electrons. The van der Waals surface area contributed by atoms with E-state index in [9.17, 15) is 14.7 Å². The van der Waals surface area contributed by atoms with Crippen molar-refractivity contribution >= 4 is 28.7 Å². The van der Waals surface area contributed by atoms with Gasteiger partial charge in [-0.15, -0.1) is 0 Å². The molecule has 0 unspecified atom stereocenters. The van der Waals surface area contributed by atoms with E-state index in [2.05, 4.69) is 20.2 Å². The summed E-state index contributed by atoms with van der Waals surface area (Å²) < 4.78 is 5.16. The number of carbonyl (C=O) groups is 2. The highest BCUT2D eigenvalue weighted by atomic mass is 16.5. The van der Waals surface area contributed by atoms with E-state index in [0.717, 1.165) is 13.0 Å². The molecule has 3 heterocycles. The number of carboxylic acid groups (broad SMARTS) is 1. The Morgan fingerprint density at radius 1 is 1.17 bits per heavy atom. The van der Waals surface area contributed by atoms with Crippen molar-refractivity contribution in [3.05, 3.63) is 41.7 Å². The van der Waals surface area contributed by atoms with Crippen LogP contribution in [-0.2, 0) is 0 Å². The summed E-state index contributed by atoms with van der Waals surface area (Å²) in [4.78, 5) is 36.8. The number of fused-ring (bicyclic) bond motifs is 1. The van der Waals surface area contributed by atoms with Crippen LogP contribution >= 0.6 is 0 Å². The van der Waals surface area contributed by atoms with Gasteiger partial charge in [-0.25, -0.2) is 9.78 Å². The summed E-state index contributed by atoms with van der Waals surface area (Å²) in [6, 6.07) is 6.63. The minimum atomic E-state index is -1.13. The number of rotatable bonds is 4. The number of amides is 1. The van der Waals surface area contributed by atoms with Crippen molar-refractivity contribution < 1.29 is 19.4 Å². The number of nitrogens with zero attached hydrogens (tertiary/aromatic N) is 5. The van der Waals surface area contributed by atoms with E-state index < -0.39 is 5.97 Å². The van der Waals surface area contributed by atoms with Gasteiger partial charge in [0.1, 0.15) is 0 Å². The van der Waals surface area contributed by atoms with Gasteiger partial charge in [0.05, 0.1) is 12.6 Å². The highest BCUT2D eigenvalue weighted by Crippen LogP contribution is 2.20. The van der Waals surface area contributed by atoms with Crippen molar-refractivity contribution in [3.8, 4) is 5.88 Å². The van der Waals surface area contributed by atoms with Crippen LogP contribution in [0, 0.1) is 0 Å². The third-order valence-corrected chi connectivity index (χ3v) is 4.90. The number of aromatic carboxylic acids is 1. The van der Waals surface area contributed by atoms with Gasteiger partial charge in [0.15, 0.2) is 5.69 Å². The second-order valence-electron chi connectivity index (χ2n) is 6.67. The number of carboxylic acids is 1. The second-order valence-corrected chi connectivity index (χ2v) is 6.67. The molecule has 29 heavy (non-hydrogen) atoms. The van der Waals surface area contributed by atoms with Crippen LogP contribution in [0.4, 0.5) is 5.95 Å². The Hall–Kier alpha value is -3.69. The molecular weight excluding hydrogens is 376 g/mol. The Bertz CT molecular complexity index is 1070. The molecule has 1 aliphatic heterocycles. The van der Waals surface area contributed by atoms with Crippen LogP contribution in [-0.4, -0.2) is 75.3 Å². The molecule has 3 aromatic rings. The molecule has 1 aliphatic rings. The first-order valence-corrected chi connectivity index (χ1v) is 9.19. The Morgan fingerprint density at radius 3 is 2.83 bits per heavy atom. The molecule has 0 saturated carbocycles. The fraction of sp³-hybridized carbons (Fsp3) is 0.316. The average molecular weight is 396 g/mol. The fourth-order valence-corrected chi connectivity index (χ4v) is 3.41. The van der Waals surface area contributed by atoms with Crippen molar-refractivity contribution in [2.45, 2.75) is 6.42 Å². The molecule has 2 N–H and O–H groups in total. The van der Waals surface area contributed by atoms with Gasteiger partial charge in [-0.2, -0.15) is 10.1 Å². The summed E-state index contributed by atoms with van der Waals surface area (Å²) in [6.45, 7) is 2.41. The lowest BCUT2D eigenvalue weighted by molar-refractivity contribution is 0.0691. The zero-order chi connectivity index (χ0) is 20.4. The number of aromatic nitrogens is 4. The molecule has 1 saturated heterocycles. The van der Waals surface area contributed by atoms with E-state index in [1.165, 1.54) is 0 Å². The molecule has 0 spiro atoms. The minimum Gasteiger partial charge on any atom is -0.481 e. The lowest BCUT2D eigenvalue weighted by Crippen LogP contribution is -2.35. The van der Waals surface area contributed by atoms with E-state index in [1.54, 1.807) is 42.5 Å². The smallest absolute Gasteiger partial charge is 0.357 e. The minimum absolute atomic E-state index is 0.0909. The monoisotopic (exact) mass is 396 g/mol. The molecule has 0 atom stereocenters. The van der Waals surface area contributed by atoms with Gasteiger partial charge in [0.25, 0.3) is 5.91 Å². The molecular formula is C19H20N6O4. The first-order valence-electron chi connectivity index (χ1n) is 9.19. The maximum absolute atomic E-state index is 13.0. The SMILES string of the molecule is COc1ccnc(N2CCCN(C(=O)c3ccc4[nH]nc(C(=O)O)c4c3)CC2)n1. The van der Waals surface area contributed by atoms with E-state index in [0.29, 0.717) is 47.9 Å². The highest BCUT2D eigenvalue weighted by molar-refractivity contribution is 6.04. The normalized spacial score (nSPS) is 14.7. The third-order valence-electron chi connectivity index (χ3n) is 4.90. The maximum Gasteiger partial charge on any atom is 0.357 e. The second kappa shape index (κ2) is 7.74. The molecule has 0 bridgehead atoms. The number of anilines is 1. The zero-order valence-corrected chi connectivity index (χ0v) is 15.8. The van der Waals surface area contributed by atoms with Crippen LogP contribution in [0.3, 0.4) is 0 Å². The zero-order valence-electron chi connectivity index (χ0n) is 15.8. The Kier molecular flexibility index (Phi) is 4.98. The van der Waals surface area contributed by atoms with Gasteiger partial charge < -0.3 is 19.6 Å². The number of methoxy groups -OCH3 is 1. The van der Waals surface area contributed by atoms with Crippen molar-refractivity contribution in [1.82, 2.24) is 25.1 Å². The molecule has 4 rings (SSSR count). The molecule has 1 fully saturated rings. The first kappa shape index (κ1) is 18.7. The van der Waals surface area contributed by atoms with Crippen molar-refractivity contribution in [2.24, 2.45) is 0 Å². The van der Waals surface area contributed by atoms with Gasteiger partial charge in [0, 0.05) is 49.4 Å². The number of aromatic amines is 1. The quantitative estimate of drug-likeness (QED) is 0.678. The summed E-state index contributed by atoms with van der Waals surface area (Å²) in [5.41, 5.74) is 0.926. The Labute approximate surface area is 166 Å². The predicted molar refractivity (Wildman–Crippen MR) is 104 cm³/mol. The van der Waals surface area contributed by atoms with Crippen molar-refractivity contribution in [2.75, 3.05) is 38.2 Å². The standard InChI is InChI=1S/C19H20N6O4/c1-29-15-5-6-20-19(21-15)25-8-2-7-24(9-10-25)17(26)12-3-4-14-13(11-12)16(18(27)28)23-22-14/h3-6,11H,2,7-10H2,1H3,(H,22,23)(H,27,28). The third kappa shape index (κ3) is 3.68. The number of benzene rings is 1. The van der Waals surface area contributed by atoms with Crippen molar-refractivity contribution in [1.29, 1.82) is 0 Å². The topological polar surface area (TPSA) is 125 Å². The molecule has 10 heteroatoms. The van der Waals surface area contributed by atoms with Gasteiger partial charge in [0.2, 0.25) is 11.8 Å². The van der Waals surface area contributed by atoms with Crippen molar-refractivity contribution in [3.63, 3.8) is 0 Å². The summed E-state index contributed by atoms with van der Waals surface area (Å²) in [5.74, 6) is -0.207. The van der Waals surface area contributed by atoms with Crippen LogP contribution in [0.5, 0.6) is 5.88 Å². The number of hydrogen-bond donors (Lipinski definition) is 2. The lowest BCUT2D eigenvalue weighted by atomic mass is 10.1. The van der Waals surface area contributed by atoms with E-state index in [1.807, 2.05) is 4.90 Å². The summed E-state index contributed by atoms with van der Waals surface area (Å²) in [6.07, 6.45) is 2.41. The van der Waals surface area contributed by atoms with Gasteiger partial charge in [-0.1, -0.05) is 0 Å². The van der Waals surface area contributed by atoms with Crippen LogP contribution < -0.4 is 9.64 Å². The van der Waals surface area contributed by atoms with Gasteiger partial charge in [-0.3, -0.25) is 9.89 Å². The maximum atomic E-state index is 13.0. The summed E-state index contributed by atoms with van der Waals surface area (Å²) in [7, 11) is 1.56. The predicted octanol–water partition coefficient (Wildman–Crippen LogP) is 1.41. The van der Waals surface area contributed by atoms with E-state index in [4.69, 9.17) is 4.74 Å². The largest absolute Gasteiger partial charge is 0.481 e. The fourth-order valence-electron chi connectivity index (χ4n) is 3.41. The Balaban J connectivity index is 1.51. The summed E-state index contributed by atoms with van der Waals surface area (Å²) in [5, 5.41) is 16.2. The van der Waals surface area contributed by atoms with E-state index >= 15 is 0 Å². The lowest BCUT2D eigenvalue weighted by Gasteiger charge is -2.22. The highest BCUT2D eigenvalue weighted by Gasteiger charge is 2.23.